The third-order valence-corrected chi connectivity index (χ3v) is 5.85. The van der Waals surface area contributed by atoms with E-state index < -0.39 is 17.1 Å². The molecule has 4 rings (SSSR count). The van der Waals surface area contributed by atoms with Crippen LogP contribution in [0.15, 0.2) is 83.8 Å². The zero-order valence-corrected chi connectivity index (χ0v) is 18.9. The Hall–Kier alpha value is -3.55. The van der Waals surface area contributed by atoms with Crippen molar-refractivity contribution in [1.82, 2.24) is 4.90 Å². The SMILES string of the molecule is O=C(CN1C(=O)S/C(=C/c2ccc(OCc3ccccc3)cc2)C1=O)Nc1cccc(Cl)c1. The Morgan fingerprint density at radius 2 is 1.76 bits per heavy atom. The zero-order chi connectivity index (χ0) is 23.2. The van der Waals surface area contributed by atoms with E-state index in [9.17, 15) is 14.4 Å². The summed E-state index contributed by atoms with van der Waals surface area (Å²) in [6.07, 6.45) is 1.63. The smallest absolute Gasteiger partial charge is 0.294 e. The van der Waals surface area contributed by atoms with Crippen LogP contribution in [0.1, 0.15) is 11.1 Å². The van der Waals surface area contributed by atoms with Gasteiger partial charge in [-0.1, -0.05) is 60.1 Å². The maximum atomic E-state index is 12.7. The lowest BCUT2D eigenvalue weighted by molar-refractivity contribution is -0.127. The third-order valence-electron chi connectivity index (χ3n) is 4.71. The Labute approximate surface area is 200 Å². The molecule has 6 nitrogen and oxygen atoms in total. The summed E-state index contributed by atoms with van der Waals surface area (Å²) in [4.78, 5) is 38.5. The second-order valence-corrected chi connectivity index (χ2v) is 8.60. The number of thioether (sulfide) groups is 1. The van der Waals surface area contributed by atoms with E-state index in [1.54, 1.807) is 54.6 Å². The van der Waals surface area contributed by atoms with E-state index in [1.165, 1.54) is 0 Å². The Bertz CT molecular complexity index is 1210. The summed E-state index contributed by atoms with van der Waals surface area (Å²) in [5, 5.41) is 2.61. The predicted molar refractivity (Wildman–Crippen MR) is 130 cm³/mol. The summed E-state index contributed by atoms with van der Waals surface area (Å²) in [5.41, 5.74) is 2.30. The van der Waals surface area contributed by atoms with Gasteiger partial charge in [-0.15, -0.1) is 0 Å². The number of halogens is 1. The molecule has 0 radical (unpaired) electrons. The molecule has 0 saturated carbocycles. The van der Waals surface area contributed by atoms with E-state index in [4.69, 9.17) is 16.3 Å². The van der Waals surface area contributed by atoms with Crippen molar-refractivity contribution in [3.05, 3.63) is 99.9 Å². The van der Waals surface area contributed by atoms with Gasteiger partial charge in [0.25, 0.3) is 11.1 Å². The van der Waals surface area contributed by atoms with Crippen molar-refractivity contribution in [1.29, 1.82) is 0 Å². The fourth-order valence-electron chi connectivity index (χ4n) is 3.10. The third kappa shape index (κ3) is 6.03. The highest BCUT2D eigenvalue weighted by Gasteiger charge is 2.36. The molecule has 0 unspecified atom stereocenters. The highest BCUT2D eigenvalue weighted by molar-refractivity contribution is 8.18. The first kappa shape index (κ1) is 22.6. The number of imide groups is 1. The van der Waals surface area contributed by atoms with Crippen LogP contribution in [-0.2, 0) is 16.2 Å². The number of hydrogen-bond donors (Lipinski definition) is 1. The monoisotopic (exact) mass is 478 g/mol. The van der Waals surface area contributed by atoms with Crippen LogP contribution in [-0.4, -0.2) is 28.5 Å². The van der Waals surface area contributed by atoms with Gasteiger partial charge in [-0.25, -0.2) is 0 Å². The Kier molecular flexibility index (Phi) is 7.12. The quantitative estimate of drug-likeness (QED) is 0.448. The van der Waals surface area contributed by atoms with Gasteiger partial charge in [-0.2, -0.15) is 0 Å². The molecule has 1 aliphatic rings. The topological polar surface area (TPSA) is 75.7 Å². The van der Waals surface area contributed by atoms with Crippen molar-refractivity contribution in [2.75, 3.05) is 11.9 Å². The molecular weight excluding hydrogens is 460 g/mol. The van der Waals surface area contributed by atoms with Crippen LogP contribution in [0.3, 0.4) is 0 Å². The van der Waals surface area contributed by atoms with E-state index in [0.717, 1.165) is 27.8 Å². The van der Waals surface area contributed by atoms with Crippen LogP contribution >= 0.6 is 23.4 Å². The van der Waals surface area contributed by atoms with Crippen molar-refractivity contribution < 1.29 is 19.1 Å². The number of amides is 3. The van der Waals surface area contributed by atoms with E-state index >= 15 is 0 Å². The van der Waals surface area contributed by atoms with E-state index in [-0.39, 0.29) is 11.4 Å². The summed E-state index contributed by atoms with van der Waals surface area (Å²) in [6, 6.07) is 23.7. The van der Waals surface area contributed by atoms with Crippen LogP contribution < -0.4 is 10.1 Å². The van der Waals surface area contributed by atoms with Crippen LogP contribution in [0.2, 0.25) is 5.02 Å². The van der Waals surface area contributed by atoms with Gasteiger partial charge in [0.1, 0.15) is 18.9 Å². The molecule has 8 heteroatoms. The number of carbonyl (C=O) groups is 3. The lowest BCUT2D eigenvalue weighted by Gasteiger charge is -2.12. The summed E-state index contributed by atoms with van der Waals surface area (Å²) in [5.74, 6) is -0.293. The minimum Gasteiger partial charge on any atom is -0.489 e. The van der Waals surface area contributed by atoms with Gasteiger partial charge in [0, 0.05) is 10.7 Å². The fourth-order valence-corrected chi connectivity index (χ4v) is 4.13. The van der Waals surface area contributed by atoms with Crippen LogP contribution in [0.25, 0.3) is 6.08 Å². The first-order chi connectivity index (χ1) is 16.0. The number of rotatable bonds is 7. The maximum Gasteiger partial charge on any atom is 0.294 e. The van der Waals surface area contributed by atoms with Gasteiger partial charge in [-0.05, 0) is 59.3 Å². The van der Waals surface area contributed by atoms with Crippen LogP contribution in [0.5, 0.6) is 5.75 Å². The summed E-state index contributed by atoms with van der Waals surface area (Å²) < 4.78 is 5.76. The molecule has 0 aliphatic carbocycles. The molecule has 1 heterocycles. The van der Waals surface area contributed by atoms with Gasteiger partial charge in [0.2, 0.25) is 5.91 Å². The van der Waals surface area contributed by atoms with Gasteiger partial charge >= 0.3 is 0 Å². The largest absolute Gasteiger partial charge is 0.489 e. The molecule has 1 fully saturated rings. The number of ether oxygens (including phenoxy) is 1. The lowest BCUT2D eigenvalue weighted by Crippen LogP contribution is -2.36. The first-order valence-corrected chi connectivity index (χ1v) is 11.2. The van der Waals surface area contributed by atoms with Crippen LogP contribution in [0.4, 0.5) is 10.5 Å². The molecular formula is C25H19ClN2O4S. The minimum atomic E-state index is -0.504. The Morgan fingerprint density at radius 1 is 1.00 bits per heavy atom. The molecule has 0 atom stereocenters. The maximum absolute atomic E-state index is 12.7. The van der Waals surface area contributed by atoms with Gasteiger partial charge in [-0.3, -0.25) is 19.3 Å². The number of carbonyl (C=O) groups excluding carboxylic acids is 3. The van der Waals surface area contributed by atoms with Crippen LogP contribution in [0, 0.1) is 0 Å². The van der Waals surface area contributed by atoms with Gasteiger partial charge in [0.15, 0.2) is 0 Å². The number of hydrogen-bond acceptors (Lipinski definition) is 5. The molecule has 33 heavy (non-hydrogen) atoms. The van der Waals surface area contributed by atoms with E-state index in [2.05, 4.69) is 5.32 Å². The molecule has 3 amide bonds. The van der Waals surface area contributed by atoms with Gasteiger partial charge < -0.3 is 10.1 Å². The second kappa shape index (κ2) is 10.4. The number of nitrogens with one attached hydrogen (secondary N) is 1. The predicted octanol–water partition coefficient (Wildman–Crippen LogP) is 5.59. The van der Waals surface area contributed by atoms with Crippen molar-refractivity contribution >= 4 is 52.2 Å². The minimum absolute atomic E-state index is 0.258. The van der Waals surface area contributed by atoms with Crippen molar-refractivity contribution in [3.63, 3.8) is 0 Å². The summed E-state index contributed by atoms with van der Waals surface area (Å²) in [6.45, 7) is 0.0805. The molecule has 166 valence electrons. The fraction of sp³-hybridized carbons (Fsp3) is 0.0800. The summed E-state index contributed by atoms with van der Waals surface area (Å²) >= 11 is 6.71. The molecule has 1 N–H and O–H groups in total. The second-order valence-electron chi connectivity index (χ2n) is 7.17. The average molecular weight is 479 g/mol. The van der Waals surface area contributed by atoms with Crippen molar-refractivity contribution in [2.45, 2.75) is 6.61 Å². The summed E-state index contributed by atoms with van der Waals surface area (Å²) in [7, 11) is 0. The lowest BCUT2D eigenvalue weighted by atomic mass is 10.2. The zero-order valence-electron chi connectivity index (χ0n) is 17.4. The normalized spacial score (nSPS) is 14.6. The van der Waals surface area contributed by atoms with Crippen molar-refractivity contribution in [3.8, 4) is 5.75 Å². The highest BCUT2D eigenvalue weighted by Crippen LogP contribution is 2.32. The van der Waals surface area contributed by atoms with E-state index in [0.29, 0.717) is 23.1 Å². The number of anilines is 1. The molecule has 0 spiro atoms. The molecule has 3 aromatic rings. The van der Waals surface area contributed by atoms with Crippen molar-refractivity contribution in [2.24, 2.45) is 0 Å². The number of benzene rings is 3. The Balaban J connectivity index is 1.36. The molecule has 0 aromatic heterocycles. The average Bonchev–Trinajstić information content (AvgIpc) is 3.06. The molecule has 1 saturated heterocycles. The molecule has 0 bridgehead atoms. The molecule has 1 aliphatic heterocycles. The number of nitrogens with zero attached hydrogens (tertiary/aromatic N) is 1. The molecule has 3 aromatic carbocycles. The van der Waals surface area contributed by atoms with E-state index in [1.807, 2.05) is 30.3 Å². The Morgan fingerprint density at radius 3 is 2.48 bits per heavy atom. The first-order valence-electron chi connectivity index (χ1n) is 10.1. The van der Waals surface area contributed by atoms with Gasteiger partial charge in [0.05, 0.1) is 4.91 Å². The standard InChI is InChI=1S/C25H19ClN2O4S/c26-19-7-4-8-20(14-19)27-23(29)15-28-24(30)22(33-25(28)31)13-17-9-11-21(12-10-17)32-16-18-5-2-1-3-6-18/h1-14H,15-16H2,(H,27,29)/b22-13+. The highest BCUT2D eigenvalue weighted by atomic mass is 35.5.